The monoisotopic (exact) mass is 450 g/mol. The lowest BCUT2D eigenvalue weighted by Gasteiger charge is -2.32. The molecule has 1 atom stereocenters. The van der Waals surface area contributed by atoms with Gasteiger partial charge in [-0.2, -0.15) is 0 Å². The summed E-state index contributed by atoms with van der Waals surface area (Å²) in [7, 11) is 1.65. The largest absolute Gasteiger partial charge is 0.497 e. The molecular formula is C26H34N4O3. The highest BCUT2D eigenvalue weighted by Crippen LogP contribution is 2.31. The van der Waals surface area contributed by atoms with Gasteiger partial charge in [0.1, 0.15) is 11.6 Å². The molecule has 5 rings (SSSR count). The van der Waals surface area contributed by atoms with Crippen molar-refractivity contribution in [3.8, 4) is 5.75 Å². The molecule has 1 aliphatic carbocycles. The number of β-amino-alcohol motifs (C(OH)–C–C–N with tert-alkyl or cyclic N) is 1. The molecule has 0 amide bonds. The first-order valence-corrected chi connectivity index (χ1v) is 12.2. The molecule has 2 aliphatic heterocycles. The highest BCUT2D eigenvalue weighted by atomic mass is 16.5. The number of ether oxygens (including phenoxy) is 2. The molecule has 1 aromatic heterocycles. The normalized spacial score (nSPS) is 20.2. The maximum atomic E-state index is 10.7. The van der Waals surface area contributed by atoms with E-state index in [1.54, 1.807) is 7.11 Å². The average molecular weight is 451 g/mol. The van der Waals surface area contributed by atoms with Crippen LogP contribution in [0.4, 0.5) is 5.82 Å². The fourth-order valence-corrected chi connectivity index (χ4v) is 5.01. The van der Waals surface area contributed by atoms with Gasteiger partial charge in [-0.25, -0.2) is 9.97 Å². The van der Waals surface area contributed by atoms with Crippen LogP contribution in [0.2, 0.25) is 0 Å². The zero-order valence-electron chi connectivity index (χ0n) is 19.5. The van der Waals surface area contributed by atoms with Crippen LogP contribution >= 0.6 is 0 Å². The SMILES string of the molecule is COc1ccc([C@H](O)CN2CC=C(c3nc4c(c(N5CCOCC5)n3)CCCC4)CC2)cc1. The summed E-state index contributed by atoms with van der Waals surface area (Å²) in [5.41, 5.74) is 4.74. The Bertz CT molecular complexity index is 986. The molecule has 0 unspecified atom stereocenters. The molecule has 1 saturated heterocycles. The van der Waals surface area contributed by atoms with E-state index in [0.717, 1.165) is 81.6 Å². The molecular weight excluding hydrogens is 416 g/mol. The minimum Gasteiger partial charge on any atom is -0.497 e. The van der Waals surface area contributed by atoms with Crippen LogP contribution in [0.5, 0.6) is 5.75 Å². The lowest BCUT2D eigenvalue weighted by atomic mass is 9.95. The first kappa shape index (κ1) is 22.3. The number of nitrogens with zero attached hydrogens (tertiary/aromatic N) is 4. The molecule has 1 aromatic carbocycles. The van der Waals surface area contributed by atoms with Crippen LogP contribution in [0.25, 0.3) is 5.57 Å². The Hall–Kier alpha value is -2.48. The second kappa shape index (κ2) is 10.2. The minimum atomic E-state index is -0.515. The zero-order valence-corrected chi connectivity index (χ0v) is 19.5. The van der Waals surface area contributed by atoms with Crippen molar-refractivity contribution in [2.45, 2.75) is 38.2 Å². The Labute approximate surface area is 196 Å². The molecule has 0 bridgehead atoms. The summed E-state index contributed by atoms with van der Waals surface area (Å²) in [5, 5.41) is 10.7. The molecule has 176 valence electrons. The summed E-state index contributed by atoms with van der Waals surface area (Å²) in [4.78, 5) is 14.8. The van der Waals surface area contributed by atoms with Gasteiger partial charge in [0.05, 0.1) is 26.4 Å². The third-order valence-corrected chi connectivity index (χ3v) is 6.98. The number of morpholine rings is 1. The van der Waals surface area contributed by atoms with Gasteiger partial charge >= 0.3 is 0 Å². The Morgan fingerprint density at radius 3 is 2.55 bits per heavy atom. The van der Waals surface area contributed by atoms with Gasteiger partial charge in [-0.15, -0.1) is 0 Å². The van der Waals surface area contributed by atoms with Crippen LogP contribution in [0.3, 0.4) is 0 Å². The summed E-state index contributed by atoms with van der Waals surface area (Å²) in [5.74, 6) is 2.83. The van der Waals surface area contributed by atoms with Crippen LogP contribution in [-0.2, 0) is 17.6 Å². The fourth-order valence-electron chi connectivity index (χ4n) is 5.01. The standard InChI is InChI=1S/C26H34N4O3/c1-32-21-8-6-19(7-9-21)24(31)18-29-12-10-20(11-13-29)25-27-23-5-3-2-4-22(23)26(28-25)30-14-16-33-17-15-30/h6-10,24,31H,2-5,11-18H2,1H3/t24-/m1/s1. The number of fused-ring (bicyclic) bond motifs is 1. The molecule has 3 aliphatic rings. The summed E-state index contributed by atoms with van der Waals surface area (Å²) >= 11 is 0. The van der Waals surface area contributed by atoms with E-state index in [1.165, 1.54) is 29.7 Å². The quantitative estimate of drug-likeness (QED) is 0.725. The van der Waals surface area contributed by atoms with Gasteiger partial charge < -0.3 is 19.5 Å². The number of hydrogen-bond donors (Lipinski definition) is 1. The number of aliphatic hydroxyl groups excluding tert-OH is 1. The van der Waals surface area contributed by atoms with E-state index in [-0.39, 0.29) is 0 Å². The molecule has 3 heterocycles. The molecule has 1 fully saturated rings. The molecule has 7 heteroatoms. The van der Waals surface area contributed by atoms with Gasteiger partial charge in [-0.1, -0.05) is 18.2 Å². The summed E-state index contributed by atoms with van der Waals surface area (Å²) < 4.78 is 10.8. The van der Waals surface area contributed by atoms with Crippen LogP contribution in [0, 0.1) is 0 Å². The van der Waals surface area contributed by atoms with Crippen molar-refractivity contribution >= 4 is 11.4 Å². The number of aromatic nitrogens is 2. The third kappa shape index (κ3) is 5.05. The number of anilines is 1. The van der Waals surface area contributed by atoms with Crippen molar-refractivity contribution in [3.05, 3.63) is 53.0 Å². The van der Waals surface area contributed by atoms with Crippen molar-refractivity contribution in [3.63, 3.8) is 0 Å². The highest BCUT2D eigenvalue weighted by Gasteiger charge is 2.25. The second-order valence-corrected chi connectivity index (χ2v) is 9.13. The highest BCUT2D eigenvalue weighted by molar-refractivity contribution is 5.64. The number of methoxy groups -OCH3 is 1. The predicted molar refractivity (Wildman–Crippen MR) is 129 cm³/mol. The maximum absolute atomic E-state index is 10.7. The van der Waals surface area contributed by atoms with Crippen LogP contribution < -0.4 is 9.64 Å². The van der Waals surface area contributed by atoms with Crippen molar-refractivity contribution in [2.75, 3.05) is 57.9 Å². The Morgan fingerprint density at radius 2 is 1.82 bits per heavy atom. The minimum absolute atomic E-state index is 0.515. The summed E-state index contributed by atoms with van der Waals surface area (Å²) in [6.45, 7) is 5.64. The molecule has 7 nitrogen and oxygen atoms in total. The van der Waals surface area contributed by atoms with Crippen LogP contribution in [0.1, 0.15) is 48.0 Å². The van der Waals surface area contributed by atoms with Crippen LogP contribution in [0.15, 0.2) is 30.3 Å². The predicted octanol–water partition coefficient (Wildman–Crippen LogP) is 3.02. The van der Waals surface area contributed by atoms with E-state index < -0.39 is 6.10 Å². The molecule has 0 spiro atoms. The maximum Gasteiger partial charge on any atom is 0.157 e. The van der Waals surface area contributed by atoms with Crippen molar-refractivity contribution < 1.29 is 14.6 Å². The van der Waals surface area contributed by atoms with Gasteiger partial charge in [0.2, 0.25) is 0 Å². The van der Waals surface area contributed by atoms with Crippen molar-refractivity contribution in [2.24, 2.45) is 0 Å². The fraction of sp³-hybridized carbons (Fsp3) is 0.538. The number of rotatable bonds is 6. The lowest BCUT2D eigenvalue weighted by molar-refractivity contribution is 0.119. The van der Waals surface area contributed by atoms with E-state index >= 15 is 0 Å². The zero-order chi connectivity index (χ0) is 22.6. The summed E-state index contributed by atoms with van der Waals surface area (Å²) in [6, 6.07) is 7.66. The number of hydrogen-bond acceptors (Lipinski definition) is 7. The topological polar surface area (TPSA) is 71.0 Å². The van der Waals surface area contributed by atoms with E-state index in [1.807, 2.05) is 24.3 Å². The summed E-state index contributed by atoms with van der Waals surface area (Å²) in [6.07, 6.45) is 7.20. The number of benzene rings is 1. The third-order valence-electron chi connectivity index (χ3n) is 6.98. The van der Waals surface area contributed by atoms with Gasteiger partial charge in [-0.3, -0.25) is 4.90 Å². The Balaban J connectivity index is 1.30. The van der Waals surface area contributed by atoms with Gasteiger partial charge in [0.15, 0.2) is 5.82 Å². The first-order chi connectivity index (χ1) is 16.2. The Morgan fingerprint density at radius 1 is 1.03 bits per heavy atom. The number of aryl methyl sites for hydroxylation is 1. The molecule has 33 heavy (non-hydrogen) atoms. The molecule has 1 N–H and O–H groups in total. The van der Waals surface area contributed by atoms with Gasteiger partial charge in [0, 0.05) is 44.0 Å². The first-order valence-electron chi connectivity index (χ1n) is 12.2. The second-order valence-electron chi connectivity index (χ2n) is 9.13. The van der Waals surface area contributed by atoms with Crippen molar-refractivity contribution in [1.82, 2.24) is 14.9 Å². The molecule has 2 aromatic rings. The average Bonchev–Trinajstić information content (AvgIpc) is 2.89. The van der Waals surface area contributed by atoms with Crippen molar-refractivity contribution in [1.29, 1.82) is 0 Å². The van der Waals surface area contributed by atoms with E-state index in [9.17, 15) is 5.11 Å². The van der Waals surface area contributed by atoms with Crippen LogP contribution in [-0.4, -0.2) is 73.0 Å². The lowest BCUT2D eigenvalue weighted by Crippen LogP contribution is -2.38. The van der Waals surface area contributed by atoms with E-state index in [0.29, 0.717) is 6.54 Å². The van der Waals surface area contributed by atoms with E-state index in [2.05, 4.69) is 15.9 Å². The van der Waals surface area contributed by atoms with Gasteiger partial charge in [0.25, 0.3) is 0 Å². The Kier molecular flexibility index (Phi) is 6.90. The molecule has 0 radical (unpaired) electrons. The number of aliphatic hydroxyl groups is 1. The van der Waals surface area contributed by atoms with E-state index in [4.69, 9.17) is 19.4 Å². The van der Waals surface area contributed by atoms with Gasteiger partial charge in [-0.05, 0) is 55.4 Å². The smallest absolute Gasteiger partial charge is 0.157 e. The molecule has 0 saturated carbocycles.